The summed E-state index contributed by atoms with van der Waals surface area (Å²) in [5, 5.41) is 8.40. The molecule has 0 fully saturated rings. The maximum Gasteiger partial charge on any atom is 0.304 e. The summed E-state index contributed by atoms with van der Waals surface area (Å²) >= 11 is 0. The van der Waals surface area contributed by atoms with E-state index in [0.29, 0.717) is 12.3 Å². The first kappa shape index (κ1) is 15.3. The number of nitrogens with two attached hydrogens (primary N) is 1. The van der Waals surface area contributed by atoms with E-state index in [1.54, 1.807) is 0 Å². The highest BCUT2D eigenvalue weighted by Gasteiger charge is 2.18. The van der Waals surface area contributed by atoms with Gasteiger partial charge in [-0.25, -0.2) is 13.1 Å². The second-order valence-corrected chi connectivity index (χ2v) is 6.02. The van der Waals surface area contributed by atoms with Crippen LogP contribution in [0.5, 0.6) is 0 Å². The lowest BCUT2D eigenvalue weighted by molar-refractivity contribution is -0.136. The van der Waals surface area contributed by atoms with Crippen LogP contribution in [0.4, 0.5) is 0 Å². The number of rotatable bonds is 8. The molecule has 0 bridgehead atoms. The molecule has 6 nitrogen and oxygen atoms in total. The molecule has 0 spiro atoms. The molecular formula is C9H20N2O4S. The Morgan fingerprint density at radius 2 is 2.00 bits per heavy atom. The number of aliphatic carboxylic acids is 1. The molecule has 0 saturated heterocycles. The lowest BCUT2D eigenvalue weighted by Crippen LogP contribution is -2.42. The molecule has 16 heavy (non-hydrogen) atoms. The molecule has 0 aromatic carbocycles. The zero-order valence-electron chi connectivity index (χ0n) is 9.64. The highest BCUT2D eigenvalue weighted by atomic mass is 32.2. The lowest BCUT2D eigenvalue weighted by atomic mass is 10.1. The summed E-state index contributed by atoms with van der Waals surface area (Å²) in [4.78, 5) is 10.3. The zero-order valence-corrected chi connectivity index (χ0v) is 10.5. The zero-order chi connectivity index (χ0) is 12.8. The van der Waals surface area contributed by atoms with Gasteiger partial charge >= 0.3 is 5.97 Å². The minimum absolute atomic E-state index is 0.213. The third-order valence-corrected chi connectivity index (χ3v) is 3.41. The molecule has 0 aromatic rings. The smallest absolute Gasteiger partial charge is 0.304 e. The van der Waals surface area contributed by atoms with Crippen molar-refractivity contribution in [1.29, 1.82) is 0 Å². The first-order valence-electron chi connectivity index (χ1n) is 5.18. The largest absolute Gasteiger partial charge is 0.481 e. The molecule has 0 aliphatic heterocycles. The summed E-state index contributed by atoms with van der Waals surface area (Å²) in [7, 11) is -3.54. The summed E-state index contributed by atoms with van der Waals surface area (Å²) in [5.41, 5.74) is 5.44. The Kier molecular flexibility index (Phi) is 6.54. The average Bonchev–Trinajstić information content (AvgIpc) is 2.13. The SMILES string of the molecule is CC(C)CC(CN)NS(=O)(=O)CCC(=O)O. The molecule has 0 heterocycles. The monoisotopic (exact) mass is 252 g/mol. The topological polar surface area (TPSA) is 109 Å². The molecule has 0 aromatic heterocycles. The van der Waals surface area contributed by atoms with Gasteiger partial charge in [-0.3, -0.25) is 4.79 Å². The molecule has 1 atom stereocenters. The van der Waals surface area contributed by atoms with Gasteiger partial charge in [-0.2, -0.15) is 0 Å². The molecule has 4 N–H and O–H groups in total. The van der Waals surface area contributed by atoms with Crippen molar-refractivity contribution >= 4 is 16.0 Å². The third kappa shape index (κ3) is 7.61. The predicted octanol–water partition coefficient (Wildman–Crippen LogP) is -0.246. The summed E-state index contributed by atoms with van der Waals surface area (Å²) < 4.78 is 25.3. The minimum Gasteiger partial charge on any atom is -0.481 e. The van der Waals surface area contributed by atoms with Gasteiger partial charge in [-0.15, -0.1) is 0 Å². The quantitative estimate of drug-likeness (QED) is 0.552. The predicted molar refractivity (Wildman–Crippen MR) is 61.5 cm³/mol. The summed E-state index contributed by atoms with van der Waals surface area (Å²) in [6, 6.07) is -0.321. The number of sulfonamides is 1. The Hall–Kier alpha value is -0.660. The Morgan fingerprint density at radius 1 is 1.44 bits per heavy atom. The first-order valence-corrected chi connectivity index (χ1v) is 6.84. The maximum atomic E-state index is 11.5. The second-order valence-electron chi connectivity index (χ2n) is 4.14. The van der Waals surface area contributed by atoms with Crippen LogP contribution in [0.25, 0.3) is 0 Å². The van der Waals surface area contributed by atoms with Crippen molar-refractivity contribution < 1.29 is 18.3 Å². The van der Waals surface area contributed by atoms with Gasteiger partial charge in [0.05, 0.1) is 12.2 Å². The maximum absolute atomic E-state index is 11.5. The second kappa shape index (κ2) is 6.82. The van der Waals surface area contributed by atoms with Gasteiger partial charge in [0.2, 0.25) is 10.0 Å². The van der Waals surface area contributed by atoms with Crippen molar-refractivity contribution in [2.75, 3.05) is 12.3 Å². The fourth-order valence-electron chi connectivity index (χ4n) is 1.30. The summed E-state index contributed by atoms with van der Waals surface area (Å²) in [6.07, 6.45) is 0.247. The van der Waals surface area contributed by atoms with E-state index in [1.807, 2.05) is 13.8 Å². The van der Waals surface area contributed by atoms with Crippen LogP contribution in [0.2, 0.25) is 0 Å². The molecule has 0 aliphatic rings. The van der Waals surface area contributed by atoms with Crippen LogP contribution in [0.15, 0.2) is 0 Å². The van der Waals surface area contributed by atoms with E-state index < -0.39 is 28.2 Å². The Labute approximate surface area is 96.3 Å². The van der Waals surface area contributed by atoms with Crippen molar-refractivity contribution in [3.05, 3.63) is 0 Å². The van der Waals surface area contributed by atoms with Gasteiger partial charge in [-0.1, -0.05) is 13.8 Å². The van der Waals surface area contributed by atoms with E-state index in [4.69, 9.17) is 10.8 Å². The standard InChI is InChI=1S/C9H20N2O4S/c1-7(2)5-8(6-10)11-16(14,15)4-3-9(12)13/h7-8,11H,3-6,10H2,1-2H3,(H,12,13). The summed E-state index contributed by atoms with van der Waals surface area (Å²) in [5.74, 6) is -1.20. The molecular weight excluding hydrogens is 232 g/mol. The average molecular weight is 252 g/mol. The van der Waals surface area contributed by atoms with E-state index in [1.165, 1.54) is 0 Å². The van der Waals surface area contributed by atoms with Gasteiger partial charge < -0.3 is 10.8 Å². The number of hydrogen-bond donors (Lipinski definition) is 3. The lowest BCUT2D eigenvalue weighted by Gasteiger charge is -2.18. The van der Waals surface area contributed by atoms with Crippen LogP contribution >= 0.6 is 0 Å². The van der Waals surface area contributed by atoms with Crippen LogP contribution in [-0.2, 0) is 14.8 Å². The third-order valence-electron chi connectivity index (χ3n) is 1.97. The van der Waals surface area contributed by atoms with E-state index >= 15 is 0 Å². The number of nitrogens with one attached hydrogen (secondary N) is 1. The van der Waals surface area contributed by atoms with Crippen LogP contribution in [0.3, 0.4) is 0 Å². The fourth-order valence-corrected chi connectivity index (χ4v) is 2.56. The van der Waals surface area contributed by atoms with Crippen LogP contribution in [0.1, 0.15) is 26.7 Å². The normalized spacial score (nSPS) is 14.0. The Bertz CT molecular complexity index is 313. The Morgan fingerprint density at radius 3 is 2.38 bits per heavy atom. The molecule has 0 saturated carbocycles. The van der Waals surface area contributed by atoms with Crippen LogP contribution in [0, 0.1) is 5.92 Å². The van der Waals surface area contributed by atoms with E-state index in [0.717, 1.165) is 0 Å². The van der Waals surface area contributed by atoms with Crippen molar-refractivity contribution in [3.8, 4) is 0 Å². The molecule has 0 rings (SSSR count). The first-order chi connectivity index (χ1) is 7.26. The molecule has 0 aliphatic carbocycles. The van der Waals surface area contributed by atoms with Gasteiger partial charge in [-0.05, 0) is 12.3 Å². The highest BCUT2D eigenvalue weighted by molar-refractivity contribution is 7.89. The number of carboxylic acids is 1. The molecule has 7 heteroatoms. The van der Waals surface area contributed by atoms with Gasteiger partial charge in [0.1, 0.15) is 0 Å². The molecule has 1 unspecified atom stereocenters. The number of hydrogen-bond acceptors (Lipinski definition) is 4. The number of carbonyl (C=O) groups is 1. The molecule has 0 amide bonds. The highest BCUT2D eigenvalue weighted by Crippen LogP contribution is 2.05. The van der Waals surface area contributed by atoms with Crippen molar-refractivity contribution in [1.82, 2.24) is 4.72 Å². The summed E-state index contributed by atoms with van der Waals surface area (Å²) in [6.45, 7) is 4.15. The van der Waals surface area contributed by atoms with E-state index in [2.05, 4.69) is 4.72 Å². The minimum atomic E-state index is -3.54. The number of carboxylic acid groups (broad SMARTS) is 1. The fraction of sp³-hybridized carbons (Fsp3) is 0.889. The van der Waals surface area contributed by atoms with Gasteiger partial charge in [0.15, 0.2) is 0 Å². The van der Waals surface area contributed by atoms with Crippen molar-refractivity contribution in [2.45, 2.75) is 32.7 Å². The van der Waals surface area contributed by atoms with Crippen LogP contribution < -0.4 is 10.5 Å². The molecule has 0 radical (unpaired) electrons. The van der Waals surface area contributed by atoms with Gasteiger partial charge in [0, 0.05) is 12.6 Å². The van der Waals surface area contributed by atoms with Crippen molar-refractivity contribution in [3.63, 3.8) is 0 Å². The van der Waals surface area contributed by atoms with E-state index in [-0.39, 0.29) is 12.6 Å². The van der Waals surface area contributed by atoms with Gasteiger partial charge in [0.25, 0.3) is 0 Å². The molecule has 96 valence electrons. The Balaban J connectivity index is 4.26. The van der Waals surface area contributed by atoms with Crippen LogP contribution in [-0.4, -0.2) is 37.8 Å². The van der Waals surface area contributed by atoms with Crippen molar-refractivity contribution in [2.24, 2.45) is 11.7 Å². The van der Waals surface area contributed by atoms with E-state index in [9.17, 15) is 13.2 Å².